The molecule has 0 bridgehead atoms. The van der Waals surface area contributed by atoms with Gasteiger partial charge in [0.05, 0.1) is 5.52 Å². The van der Waals surface area contributed by atoms with Crippen molar-refractivity contribution in [2.45, 2.75) is 13.0 Å². The van der Waals surface area contributed by atoms with Gasteiger partial charge in [-0.15, -0.1) is 5.10 Å². The Balaban J connectivity index is 1.53. The van der Waals surface area contributed by atoms with Gasteiger partial charge in [-0.3, -0.25) is 4.79 Å². The first-order chi connectivity index (χ1) is 10.7. The third kappa shape index (κ3) is 3.43. The molecule has 5 nitrogen and oxygen atoms in total. The largest absolute Gasteiger partial charge is 0.354 e. The molecule has 0 aliphatic carbocycles. The van der Waals surface area contributed by atoms with Gasteiger partial charge in [-0.25, -0.2) is 4.68 Å². The van der Waals surface area contributed by atoms with Gasteiger partial charge in [0.1, 0.15) is 12.1 Å². The van der Waals surface area contributed by atoms with Crippen LogP contribution in [-0.4, -0.2) is 27.4 Å². The molecule has 0 atom stereocenters. The van der Waals surface area contributed by atoms with Crippen molar-refractivity contribution in [3.05, 3.63) is 59.1 Å². The summed E-state index contributed by atoms with van der Waals surface area (Å²) in [6.45, 7) is 0.744. The summed E-state index contributed by atoms with van der Waals surface area (Å²) in [5.74, 6) is -0.0791. The Morgan fingerprint density at radius 1 is 1.14 bits per heavy atom. The second kappa shape index (κ2) is 6.58. The van der Waals surface area contributed by atoms with Crippen molar-refractivity contribution >= 4 is 28.5 Å². The number of aromatic nitrogens is 3. The molecule has 6 heteroatoms. The van der Waals surface area contributed by atoms with Crippen molar-refractivity contribution < 1.29 is 4.79 Å². The van der Waals surface area contributed by atoms with Crippen LogP contribution in [0.3, 0.4) is 0 Å². The van der Waals surface area contributed by atoms with E-state index in [9.17, 15) is 4.79 Å². The number of nitrogens with one attached hydrogen (secondary N) is 1. The zero-order chi connectivity index (χ0) is 15.4. The van der Waals surface area contributed by atoms with Crippen molar-refractivity contribution in [3.63, 3.8) is 0 Å². The maximum absolute atomic E-state index is 12.0. The Bertz CT molecular complexity index is 782. The lowest BCUT2D eigenvalue weighted by atomic mass is 10.1. The van der Waals surface area contributed by atoms with Gasteiger partial charge in [0.15, 0.2) is 0 Å². The second-order valence-corrected chi connectivity index (χ2v) is 5.40. The smallest absolute Gasteiger partial charge is 0.241 e. The van der Waals surface area contributed by atoms with Gasteiger partial charge in [-0.1, -0.05) is 41.1 Å². The predicted octanol–water partition coefficient (Wildman–Crippen LogP) is 2.44. The molecule has 2 aromatic carbocycles. The highest BCUT2D eigenvalue weighted by molar-refractivity contribution is 6.30. The van der Waals surface area contributed by atoms with Gasteiger partial charge in [-0.05, 0) is 36.2 Å². The summed E-state index contributed by atoms with van der Waals surface area (Å²) >= 11 is 5.84. The van der Waals surface area contributed by atoms with E-state index < -0.39 is 0 Å². The lowest BCUT2D eigenvalue weighted by Crippen LogP contribution is -2.29. The fourth-order valence-electron chi connectivity index (χ4n) is 2.22. The predicted molar refractivity (Wildman–Crippen MR) is 85.7 cm³/mol. The first-order valence-electron chi connectivity index (χ1n) is 7.02. The molecule has 22 heavy (non-hydrogen) atoms. The summed E-state index contributed by atoms with van der Waals surface area (Å²) in [7, 11) is 0. The molecule has 3 rings (SSSR count). The van der Waals surface area contributed by atoms with E-state index in [1.165, 1.54) is 0 Å². The number of carbonyl (C=O) groups is 1. The number of para-hydroxylation sites is 1. The molecule has 0 radical (unpaired) electrons. The van der Waals surface area contributed by atoms with Crippen molar-refractivity contribution in [2.24, 2.45) is 0 Å². The van der Waals surface area contributed by atoms with Crippen LogP contribution in [-0.2, 0) is 17.8 Å². The summed E-state index contributed by atoms with van der Waals surface area (Å²) in [4.78, 5) is 12.0. The van der Waals surface area contributed by atoms with E-state index in [0.717, 1.165) is 23.0 Å². The normalized spacial score (nSPS) is 10.8. The first-order valence-corrected chi connectivity index (χ1v) is 7.39. The van der Waals surface area contributed by atoms with E-state index in [-0.39, 0.29) is 12.5 Å². The maximum atomic E-state index is 12.0. The number of hydrogen-bond donors (Lipinski definition) is 1. The number of rotatable bonds is 5. The lowest BCUT2D eigenvalue weighted by molar-refractivity contribution is -0.121. The van der Waals surface area contributed by atoms with E-state index in [4.69, 9.17) is 11.6 Å². The van der Waals surface area contributed by atoms with Gasteiger partial charge >= 0.3 is 0 Å². The number of carbonyl (C=O) groups excluding carboxylic acids is 1. The van der Waals surface area contributed by atoms with Crippen LogP contribution in [0.15, 0.2) is 48.5 Å². The summed E-state index contributed by atoms with van der Waals surface area (Å²) < 4.78 is 1.60. The number of hydrogen-bond acceptors (Lipinski definition) is 3. The van der Waals surface area contributed by atoms with E-state index in [2.05, 4.69) is 15.6 Å². The molecule has 3 aromatic rings. The quantitative estimate of drug-likeness (QED) is 0.787. The molecule has 0 aliphatic rings. The van der Waals surface area contributed by atoms with E-state index in [1.807, 2.05) is 48.5 Å². The number of benzene rings is 2. The second-order valence-electron chi connectivity index (χ2n) is 4.96. The van der Waals surface area contributed by atoms with Gasteiger partial charge in [0, 0.05) is 11.6 Å². The molecule has 0 aliphatic heterocycles. The minimum atomic E-state index is -0.0791. The fourth-order valence-corrected chi connectivity index (χ4v) is 2.35. The maximum Gasteiger partial charge on any atom is 0.241 e. The van der Waals surface area contributed by atoms with Crippen molar-refractivity contribution in [3.8, 4) is 0 Å². The third-order valence-corrected chi connectivity index (χ3v) is 3.61. The Morgan fingerprint density at radius 2 is 1.91 bits per heavy atom. The van der Waals surface area contributed by atoms with Crippen LogP contribution < -0.4 is 5.32 Å². The monoisotopic (exact) mass is 314 g/mol. The minimum Gasteiger partial charge on any atom is -0.354 e. The fraction of sp³-hybridized carbons (Fsp3) is 0.188. The number of nitrogens with zero attached hydrogens (tertiary/aromatic N) is 3. The van der Waals surface area contributed by atoms with Crippen LogP contribution in [0.2, 0.25) is 5.02 Å². The standard InChI is InChI=1S/C16H15ClN4O/c17-13-7-5-12(6-8-13)9-10-18-16(22)11-21-15-4-2-1-3-14(15)19-20-21/h1-8H,9-11H2,(H,18,22). The average Bonchev–Trinajstić information content (AvgIpc) is 2.93. The van der Waals surface area contributed by atoms with Gasteiger partial charge in [0.25, 0.3) is 0 Å². The van der Waals surface area contributed by atoms with E-state index >= 15 is 0 Å². The van der Waals surface area contributed by atoms with Gasteiger partial charge < -0.3 is 5.32 Å². The molecule has 0 spiro atoms. The molecule has 0 unspecified atom stereocenters. The molecule has 1 amide bonds. The molecule has 1 aromatic heterocycles. The van der Waals surface area contributed by atoms with Crippen LogP contribution in [0.5, 0.6) is 0 Å². The zero-order valence-corrected chi connectivity index (χ0v) is 12.6. The Labute approximate surface area is 132 Å². The topological polar surface area (TPSA) is 59.8 Å². The van der Waals surface area contributed by atoms with Crippen LogP contribution >= 0.6 is 11.6 Å². The van der Waals surface area contributed by atoms with Crippen LogP contribution in [0.25, 0.3) is 11.0 Å². The molecule has 0 fully saturated rings. The summed E-state index contributed by atoms with van der Waals surface area (Å²) in [5, 5.41) is 11.6. The summed E-state index contributed by atoms with van der Waals surface area (Å²) in [6, 6.07) is 15.2. The third-order valence-electron chi connectivity index (χ3n) is 3.36. The molecular formula is C16H15ClN4O. The zero-order valence-electron chi connectivity index (χ0n) is 11.9. The van der Waals surface area contributed by atoms with E-state index in [0.29, 0.717) is 11.6 Å². The Kier molecular flexibility index (Phi) is 4.34. The Morgan fingerprint density at radius 3 is 2.73 bits per heavy atom. The summed E-state index contributed by atoms with van der Waals surface area (Å²) in [5.41, 5.74) is 2.78. The van der Waals surface area contributed by atoms with Crippen LogP contribution in [0.1, 0.15) is 5.56 Å². The number of fused-ring (bicyclic) bond motifs is 1. The van der Waals surface area contributed by atoms with E-state index in [1.54, 1.807) is 4.68 Å². The summed E-state index contributed by atoms with van der Waals surface area (Å²) in [6.07, 6.45) is 0.765. The Hall–Kier alpha value is -2.40. The van der Waals surface area contributed by atoms with Crippen LogP contribution in [0.4, 0.5) is 0 Å². The van der Waals surface area contributed by atoms with Crippen LogP contribution in [0, 0.1) is 0 Å². The van der Waals surface area contributed by atoms with Gasteiger partial charge in [-0.2, -0.15) is 0 Å². The van der Waals surface area contributed by atoms with Gasteiger partial charge in [0.2, 0.25) is 5.91 Å². The van der Waals surface area contributed by atoms with Crippen molar-refractivity contribution in [1.82, 2.24) is 20.3 Å². The molecule has 0 saturated carbocycles. The van der Waals surface area contributed by atoms with Crippen molar-refractivity contribution in [1.29, 1.82) is 0 Å². The SMILES string of the molecule is O=C(Cn1nnc2ccccc21)NCCc1ccc(Cl)cc1. The molecule has 0 saturated heterocycles. The molecule has 112 valence electrons. The van der Waals surface area contributed by atoms with Crippen molar-refractivity contribution in [2.75, 3.05) is 6.54 Å². The highest BCUT2D eigenvalue weighted by Gasteiger charge is 2.07. The molecular weight excluding hydrogens is 300 g/mol. The first kappa shape index (κ1) is 14.5. The minimum absolute atomic E-state index is 0.0791. The molecule has 1 heterocycles. The highest BCUT2D eigenvalue weighted by Crippen LogP contribution is 2.10. The lowest BCUT2D eigenvalue weighted by Gasteiger charge is -2.06. The number of halogens is 1. The molecule has 1 N–H and O–H groups in total. The highest BCUT2D eigenvalue weighted by atomic mass is 35.5. The average molecular weight is 315 g/mol. The number of amides is 1.